The maximum atomic E-state index is 4.41. The van der Waals surface area contributed by atoms with Gasteiger partial charge in [0.25, 0.3) is 0 Å². The van der Waals surface area contributed by atoms with E-state index in [1.165, 1.54) is 0 Å². The molecule has 0 amide bonds. The molecule has 2 aromatic heterocycles. The van der Waals surface area contributed by atoms with E-state index in [2.05, 4.69) is 31.7 Å². The lowest BCUT2D eigenvalue weighted by Crippen LogP contribution is -2.33. The van der Waals surface area contributed by atoms with Gasteiger partial charge >= 0.3 is 0 Å². The average molecular weight is 302 g/mol. The van der Waals surface area contributed by atoms with Crippen LogP contribution in [0, 0.1) is 18.8 Å². The van der Waals surface area contributed by atoms with Gasteiger partial charge in [-0.15, -0.1) is 11.3 Å². The fourth-order valence-corrected chi connectivity index (χ4v) is 3.32. The molecule has 6 heteroatoms. The highest BCUT2D eigenvalue weighted by molar-refractivity contribution is 7.99. The van der Waals surface area contributed by atoms with Gasteiger partial charge < -0.3 is 4.90 Å². The molecule has 0 N–H and O–H groups in total. The van der Waals surface area contributed by atoms with Gasteiger partial charge in [-0.05, 0) is 12.8 Å². The number of hydrogen-bond donors (Lipinski definition) is 0. The van der Waals surface area contributed by atoms with E-state index in [4.69, 9.17) is 0 Å². The third-order valence-electron chi connectivity index (χ3n) is 2.89. The van der Waals surface area contributed by atoms with Gasteiger partial charge in [-0.1, -0.05) is 5.92 Å². The number of aromatic nitrogens is 3. The Bertz CT molecular complexity index is 633. The maximum absolute atomic E-state index is 4.41. The molecule has 0 spiro atoms. The van der Waals surface area contributed by atoms with Crippen LogP contribution in [0.15, 0.2) is 17.8 Å². The highest BCUT2D eigenvalue weighted by Gasteiger charge is 2.12. The van der Waals surface area contributed by atoms with Gasteiger partial charge in [0.1, 0.15) is 5.69 Å². The first-order valence-corrected chi connectivity index (χ1v) is 8.43. The summed E-state index contributed by atoms with van der Waals surface area (Å²) in [6.07, 6.45) is 3.58. The summed E-state index contributed by atoms with van der Waals surface area (Å²) < 4.78 is 0. The van der Waals surface area contributed by atoms with Crippen LogP contribution in [0.5, 0.6) is 0 Å². The SMILES string of the molecule is Cc1nc(C#Cc2cnc(N3CCSCC3)nc2)cs1. The van der Waals surface area contributed by atoms with Crippen LogP contribution in [0.2, 0.25) is 0 Å². The van der Waals surface area contributed by atoms with Crippen molar-refractivity contribution in [2.24, 2.45) is 0 Å². The average Bonchev–Trinajstić information content (AvgIpc) is 2.92. The summed E-state index contributed by atoms with van der Waals surface area (Å²) in [6.45, 7) is 4.02. The monoisotopic (exact) mass is 302 g/mol. The Hall–Kier alpha value is -1.58. The zero-order chi connectivity index (χ0) is 13.8. The van der Waals surface area contributed by atoms with Crippen LogP contribution >= 0.6 is 23.1 Å². The van der Waals surface area contributed by atoms with E-state index in [1.807, 2.05) is 24.1 Å². The van der Waals surface area contributed by atoms with Gasteiger partial charge in [-0.2, -0.15) is 11.8 Å². The molecule has 0 radical (unpaired) electrons. The van der Waals surface area contributed by atoms with E-state index in [0.29, 0.717) is 0 Å². The molecular formula is C14H14N4S2. The van der Waals surface area contributed by atoms with Crippen LogP contribution in [-0.4, -0.2) is 39.5 Å². The van der Waals surface area contributed by atoms with Crippen molar-refractivity contribution in [2.75, 3.05) is 29.5 Å². The first kappa shape index (κ1) is 13.4. The highest BCUT2D eigenvalue weighted by atomic mass is 32.2. The largest absolute Gasteiger partial charge is 0.339 e. The van der Waals surface area contributed by atoms with E-state index in [1.54, 1.807) is 23.7 Å². The van der Waals surface area contributed by atoms with Crippen LogP contribution in [-0.2, 0) is 0 Å². The number of nitrogens with zero attached hydrogens (tertiary/aromatic N) is 4. The van der Waals surface area contributed by atoms with Crippen molar-refractivity contribution >= 4 is 29.0 Å². The quantitative estimate of drug-likeness (QED) is 0.755. The second kappa shape index (κ2) is 6.25. The molecule has 1 aliphatic heterocycles. The van der Waals surface area contributed by atoms with E-state index >= 15 is 0 Å². The summed E-state index contributed by atoms with van der Waals surface area (Å²) >= 11 is 3.59. The molecule has 102 valence electrons. The minimum absolute atomic E-state index is 0.806. The van der Waals surface area contributed by atoms with E-state index in [-0.39, 0.29) is 0 Å². The number of aryl methyl sites for hydroxylation is 1. The van der Waals surface area contributed by atoms with Gasteiger partial charge in [0.05, 0.1) is 10.6 Å². The Morgan fingerprint density at radius 1 is 1.15 bits per heavy atom. The summed E-state index contributed by atoms with van der Waals surface area (Å²) in [5, 5.41) is 2.99. The first-order chi connectivity index (χ1) is 9.81. The van der Waals surface area contributed by atoms with Crippen molar-refractivity contribution in [2.45, 2.75) is 6.92 Å². The molecule has 0 saturated carbocycles. The molecule has 0 bridgehead atoms. The highest BCUT2D eigenvalue weighted by Crippen LogP contribution is 2.14. The third kappa shape index (κ3) is 3.30. The molecule has 0 unspecified atom stereocenters. The molecule has 0 aliphatic carbocycles. The summed E-state index contributed by atoms with van der Waals surface area (Å²) in [5.74, 6) is 9.18. The van der Waals surface area contributed by atoms with Gasteiger partial charge in [-0.25, -0.2) is 15.0 Å². The van der Waals surface area contributed by atoms with Crippen molar-refractivity contribution in [1.82, 2.24) is 15.0 Å². The van der Waals surface area contributed by atoms with Crippen LogP contribution in [0.4, 0.5) is 5.95 Å². The molecule has 20 heavy (non-hydrogen) atoms. The molecule has 0 atom stereocenters. The van der Waals surface area contributed by atoms with Gasteiger partial charge in [0.15, 0.2) is 0 Å². The predicted molar refractivity (Wildman–Crippen MR) is 84.4 cm³/mol. The van der Waals surface area contributed by atoms with E-state index in [0.717, 1.165) is 46.8 Å². The predicted octanol–water partition coefficient (Wildman–Crippen LogP) is 2.19. The Morgan fingerprint density at radius 2 is 1.90 bits per heavy atom. The molecule has 3 rings (SSSR count). The Balaban J connectivity index is 1.71. The topological polar surface area (TPSA) is 41.9 Å². The molecule has 1 fully saturated rings. The Kier molecular flexibility index (Phi) is 4.19. The van der Waals surface area contributed by atoms with Crippen molar-refractivity contribution in [3.05, 3.63) is 34.0 Å². The molecule has 3 heterocycles. The summed E-state index contributed by atoms with van der Waals surface area (Å²) in [6, 6.07) is 0. The molecule has 4 nitrogen and oxygen atoms in total. The van der Waals surface area contributed by atoms with E-state index in [9.17, 15) is 0 Å². The normalized spacial score (nSPS) is 14.8. The summed E-state index contributed by atoms with van der Waals surface area (Å²) in [4.78, 5) is 15.3. The van der Waals surface area contributed by atoms with Crippen LogP contribution in [0.1, 0.15) is 16.3 Å². The second-order valence-corrected chi connectivity index (χ2v) is 6.66. The zero-order valence-electron chi connectivity index (χ0n) is 11.2. The second-order valence-electron chi connectivity index (χ2n) is 4.37. The van der Waals surface area contributed by atoms with Crippen molar-refractivity contribution < 1.29 is 0 Å². The third-order valence-corrected chi connectivity index (χ3v) is 4.60. The lowest BCUT2D eigenvalue weighted by Gasteiger charge is -2.25. The summed E-state index contributed by atoms with van der Waals surface area (Å²) in [7, 11) is 0. The van der Waals surface area contributed by atoms with Crippen LogP contribution < -0.4 is 4.90 Å². The number of thioether (sulfide) groups is 1. The minimum atomic E-state index is 0.806. The summed E-state index contributed by atoms with van der Waals surface area (Å²) in [5.41, 5.74) is 1.63. The Morgan fingerprint density at radius 3 is 2.55 bits per heavy atom. The lowest BCUT2D eigenvalue weighted by molar-refractivity contribution is 0.814. The fraction of sp³-hybridized carbons (Fsp3) is 0.357. The molecule has 1 aliphatic rings. The Labute approximate surface area is 126 Å². The first-order valence-electron chi connectivity index (χ1n) is 6.40. The number of hydrogen-bond acceptors (Lipinski definition) is 6. The van der Waals surface area contributed by atoms with Crippen molar-refractivity contribution in [3.63, 3.8) is 0 Å². The standard InChI is InChI=1S/C14H14N4S2/c1-11-17-13(10-20-11)3-2-12-8-15-14(16-9-12)18-4-6-19-7-5-18/h8-10H,4-7H2,1H3. The van der Waals surface area contributed by atoms with Gasteiger partial charge in [-0.3, -0.25) is 0 Å². The molecule has 0 aromatic carbocycles. The molecule has 1 saturated heterocycles. The van der Waals surface area contributed by atoms with E-state index < -0.39 is 0 Å². The maximum Gasteiger partial charge on any atom is 0.225 e. The van der Waals surface area contributed by atoms with Gasteiger partial charge in [0, 0.05) is 42.4 Å². The molecule has 2 aromatic rings. The smallest absolute Gasteiger partial charge is 0.225 e. The van der Waals surface area contributed by atoms with Crippen molar-refractivity contribution in [3.8, 4) is 11.8 Å². The zero-order valence-corrected chi connectivity index (χ0v) is 12.8. The van der Waals surface area contributed by atoms with Crippen LogP contribution in [0.3, 0.4) is 0 Å². The van der Waals surface area contributed by atoms with Gasteiger partial charge in [0.2, 0.25) is 5.95 Å². The fourth-order valence-electron chi connectivity index (χ4n) is 1.87. The number of thiazole rings is 1. The molecular weight excluding hydrogens is 288 g/mol. The van der Waals surface area contributed by atoms with Crippen molar-refractivity contribution in [1.29, 1.82) is 0 Å². The lowest BCUT2D eigenvalue weighted by atomic mass is 10.3. The number of anilines is 1. The number of rotatable bonds is 1. The van der Waals surface area contributed by atoms with Crippen LogP contribution in [0.25, 0.3) is 0 Å². The minimum Gasteiger partial charge on any atom is -0.339 e.